The molecule has 0 saturated carbocycles. The van der Waals surface area contributed by atoms with E-state index in [1.807, 2.05) is 41.4 Å². The molecule has 0 fully saturated rings. The molecule has 2 heterocycles. The van der Waals surface area contributed by atoms with Crippen molar-refractivity contribution in [2.45, 2.75) is 18.7 Å². The SMILES string of the molecule is COc1ccccc1[C@@H]1Oc2ccc(Br)cc2[C@@H]2CC(c3ccc(F)cc3)=NN21. The lowest BCUT2D eigenvalue weighted by Crippen LogP contribution is -2.34. The van der Waals surface area contributed by atoms with Crippen LogP contribution in [-0.2, 0) is 0 Å². The van der Waals surface area contributed by atoms with Crippen LogP contribution in [0.1, 0.15) is 35.4 Å². The Kier molecular flexibility index (Phi) is 4.51. The number of halogens is 2. The summed E-state index contributed by atoms with van der Waals surface area (Å²) in [4.78, 5) is 0. The van der Waals surface area contributed by atoms with E-state index in [2.05, 4.69) is 22.0 Å². The number of fused-ring (bicyclic) bond motifs is 3. The van der Waals surface area contributed by atoms with Gasteiger partial charge in [-0.05, 0) is 48.0 Å². The number of para-hydroxylation sites is 1. The fourth-order valence-corrected chi connectivity index (χ4v) is 4.33. The third-order valence-electron chi connectivity index (χ3n) is 5.33. The molecule has 4 nitrogen and oxygen atoms in total. The first-order chi connectivity index (χ1) is 14.1. The second-order valence-electron chi connectivity index (χ2n) is 7.05. The van der Waals surface area contributed by atoms with E-state index in [0.29, 0.717) is 6.42 Å². The van der Waals surface area contributed by atoms with Crippen molar-refractivity contribution in [1.29, 1.82) is 0 Å². The summed E-state index contributed by atoms with van der Waals surface area (Å²) in [6.45, 7) is 0. The number of hydrogen-bond donors (Lipinski definition) is 0. The lowest BCUT2D eigenvalue weighted by molar-refractivity contribution is -0.0203. The summed E-state index contributed by atoms with van der Waals surface area (Å²) < 4.78 is 26.3. The lowest BCUT2D eigenvalue weighted by Gasteiger charge is -2.38. The van der Waals surface area contributed by atoms with E-state index < -0.39 is 6.23 Å². The molecular formula is C23H18BrFN2O2. The van der Waals surface area contributed by atoms with Crippen LogP contribution in [0.25, 0.3) is 0 Å². The van der Waals surface area contributed by atoms with E-state index in [-0.39, 0.29) is 11.9 Å². The highest BCUT2D eigenvalue weighted by atomic mass is 79.9. The molecule has 0 spiro atoms. The summed E-state index contributed by atoms with van der Waals surface area (Å²) in [6.07, 6.45) is 0.298. The molecule has 2 aliphatic rings. The minimum Gasteiger partial charge on any atom is -0.496 e. The van der Waals surface area contributed by atoms with E-state index in [4.69, 9.17) is 14.6 Å². The Morgan fingerprint density at radius 1 is 1.07 bits per heavy atom. The highest BCUT2D eigenvalue weighted by molar-refractivity contribution is 9.10. The van der Waals surface area contributed by atoms with Crippen molar-refractivity contribution >= 4 is 21.6 Å². The van der Waals surface area contributed by atoms with Gasteiger partial charge in [-0.1, -0.05) is 40.2 Å². The zero-order valence-corrected chi connectivity index (χ0v) is 17.3. The van der Waals surface area contributed by atoms with Crippen LogP contribution < -0.4 is 9.47 Å². The Morgan fingerprint density at radius 3 is 2.66 bits per heavy atom. The first-order valence-electron chi connectivity index (χ1n) is 9.35. The third kappa shape index (κ3) is 3.17. The van der Waals surface area contributed by atoms with Gasteiger partial charge in [0.25, 0.3) is 0 Å². The number of ether oxygens (including phenoxy) is 2. The van der Waals surface area contributed by atoms with Gasteiger partial charge in [0.05, 0.1) is 24.4 Å². The van der Waals surface area contributed by atoms with Crippen LogP contribution in [0.2, 0.25) is 0 Å². The summed E-state index contributed by atoms with van der Waals surface area (Å²) in [5.41, 5.74) is 3.81. The molecule has 3 aromatic rings. The van der Waals surface area contributed by atoms with Crippen molar-refractivity contribution in [3.8, 4) is 11.5 Å². The van der Waals surface area contributed by atoms with Crippen LogP contribution in [0.5, 0.6) is 11.5 Å². The molecule has 0 radical (unpaired) electrons. The molecule has 29 heavy (non-hydrogen) atoms. The minimum absolute atomic E-state index is 0.0196. The predicted octanol–water partition coefficient (Wildman–Crippen LogP) is 5.84. The summed E-state index contributed by atoms with van der Waals surface area (Å²) in [7, 11) is 1.65. The smallest absolute Gasteiger partial charge is 0.217 e. The largest absolute Gasteiger partial charge is 0.496 e. The molecule has 0 amide bonds. The van der Waals surface area contributed by atoms with Crippen LogP contribution in [0.4, 0.5) is 4.39 Å². The molecule has 0 unspecified atom stereocenters. The van der Waals surface area contributed by atoms with Crippen molar-refractivity contribution < 1.29 is 13.9 Å². The van der Waals surface area contributed by atoms with Gasteiger partial charge >= 0.3 is 0 Å². The Labute approximate surface area is 176 Å². The zero-order valence-electron chi connectivity index (χ0n) is 15.7. The summed E-state index contributed by atoms with van der Waals surface area (Å²) >= 11 is 3.57. The van der Waals surface area contributed by atoms with E-state index in [0.717, 1.165) is 38.4 Å². The molecule has 0 saturated heterocycles. The van der Waals surface area contributed by atoms with E-state index in [1.54, 1.807) is 19.2 Å². The minimum atomic E-state index is -0.414. The average Bonchev–Trinajstić information content (AvgIpc) is 3.19. The molecule has 0 aromatic heterocycles. The molecular weight excluding hydrogens is 435 g/mol. The van der Waals surface area contributed by atoms with Gasteiger partial charge in [0.15, 0.2) is 0 Å². The summed E-state index contributed by atoms with van der Waals surface area (Å²) in [6, 6.07) is 20.3. The zero-order chi connectivity index (χ0) is 20.0. The number of rotatable bonds is 3. The second-order valence-corrected chi connectivity index (χ2v) is 7.96. The lowest BCUT2D eigenvalue weighted by atomic mass is 9.96. The number of benzene rings is 3. The van der Waals surface area contributed by atoms with Crippen LogP contribution in [-0.4, -0.2) is 17.8 Å². The molecule has 5 rings (SSSR count). The molecule has 2 aliphatic heterocycles. The van der Waals surface area contributed by atoms with Crippen LogP contribution >= 0.6 is 15.9 Å². The highest BCUT2D eigenvalue weighted by Crippen LogP contribution is 2.49. The molecule has 0 N–H and O–H groups in total. The topological polar surface area (TPSA) is 34.1 Å². The first kappa shape index (κ1) is 18.2. The second kappa shape index (κ2) is 7.19. The van der Waals surface area contributed by atoms with E-state index in [1.165, 1.54) is 12.1 Å². The van der Waals surface area contributed by atoms with E-state index >= 15 is 0 Å². The maximum Gasteiger partial charge on any atom is 0.217 e. The maximum absolute atomic E-state index is 13.4. The summed E-state index contributed by atoms with van der Waals surface area (Å²) in [5, 5.41) is 6.89. The number of methoxy groups -OCH3 is 1. The van der Waals surface area contributed by atoms with Crippen LogP contribution in [0.3, 0.4) is 0 Å². The van der Waals surface area contributed by atoms with Gasteiger partial charge in [-0.2, -0.15) is 5.10 Å². The molecule has 6 heteroatoms. The first-order valence-corrected chi connectivity index (χ1v) is 10.1. The van der Waals surface area contributed by atoms with Gasteiger partial charge in [0.2, 0.25) is 6.23 Å². The quantitative estimate of drug-likeness (QED) is 0.500. The number of hydrazone groups is 1. The molecule has 146 valence electrons. The average molecular weight is 453 g/mol. The standard InChI is InChI=1S/C23H18BrFN2O2/c1-28-21-5-3-2-4-17(21)23-27-20(18-12-15(24)8-11-22(18)29-23)13-19(26-27)14-6-9-16(25)10-7-14/h2-12,20,23H,13H2,1H3/t20-,23-/m0/s1. The molecule has 3 aromatic carbocycles. The van der Waals surface area contributed by atoms with Gasteiger partial charge in [-0.15, -0.1) is 0 Å². The van der Waals surface area contributed by atoms with Crippen molar-refractivity contribution in [2.75, 3.05) is 7.11 Å². The van der Waals surface area contributed by atoms with Gasteiger partial charge in [0, 0.05) is 16.5 Å². The number of nitrogens with zero attached hydrogens (tertiary/aromatic N) is 2. The van der Waals surface area contributed by atoms with Crippen molar-refractivity contribution in [3.63, 3.8) is 0 Å². The molecule has 0 aliphatic carbocycles. The van der Waals surface area contributed by atoms with Gasteiger partial charge in [0.1, 0.15) is 17.3 Å². The van der Waals surface area contributed by atoms with Gasteiger partial charge in [-0.3, -0.25) is 0 Å². The normalized spacial score (nSPS) is 19.8. The fraction of sp³-hybridized carbons (Fsp3) is 0.174. The van der Waals surface area contributed by atoms with Crippen LogP contribution in [0, 0.1) is 5.82 Å². The van der Waals surface area contributed by atoms with Crippen molar-refractivity contribution in [1.82, 2.24) is 5.01 Å². The predicted molar refractivity (Wildman–Crippen MR) is 113 cm³/mol. The number of hydrogen-bond acceptors (Lipinski definition) is 4. The van der Waals surface area contributed by atoms with E-state index in [9.17, 15) is 4.39 Å². The third-order valence-corrected chi connectivity index (χ3v) is 5.83. The Balaban J connectivity index is 1.62. The monoisotopic (exact) mass is 452 g/mol. The Morgan fingerprint density at radius 2 is 1.86 bits per heavy atom. The van der Waals surface area contributed by atoms with Crippen molar-refractivity contribution in [3.05, 3.63) is 93.7 Å². The summed E-state index contributed by atoms with van der Waals surface area (Å²) in [5.74, 6) is 1.33. The Bertz CT molecular complexity index is 1100. The Hall–Kier alpha value is -2.86. The molecule has 2 atom stereocenters. The maximum atomic E-state index is 13.4. The fourth-order valence-electron chi connectivity index (χ4n) is 3.95. The highest BCUT2D eigenvalue weighted by Gasteiger charge is 2.42. The molecule has 0 bridgehead atoms. The van der Waals surface area contributed by atoms with Crippen molar-refractivity contribution in [2.24, 2.45) is 5.10 Å². The van der Waals surface area contributed by atoms with Gasteiger partial charge in [-0.25, -0.2) is 9.40 Å². The van der Waals surface area contributed by atoms with Gasteiger partial charge < -0.3 is 9.47 Å². The van der Waals surface area contributed by atoms with Crippen LogP contribution in [0.15, 0.2) is 76.3 Å².